The highest BCUT2D eigenvalue weighted by molar-refractivity contribution is 7.89. The Hall–Kier alpha value is -3.27. The third kappa shape index (κ3) is 5.39. The molecule has 1 atom stereocenters. The van der Waals surface area contributed by atoms with E-state index in [1.807, 2.05) is 48.5 Å². The summed E-state index contributed by atoms with van der Waals surface area (Å²) in [6.45, 7) is 3.46. The molecule has 0 N–H and O–H groups in total. The number of benzene rings is 3. The van der Waals surface area contributed by atoms with Crippen LogP contribution < -0.4 is 9.64 Å². The van der Waals surface area contributed by atoms with Crippen molar-refractivity contribution in [2.75, 3.05) is 25.1 Å². The Morgan fingerprint density at radius 2 is 1.86 bits per heavy atom. The number of amides is 1. The number of thiazole rings is 1. The Kier molecular flexibility index (Phi) is 7.28. The molecule has 3 aromatic carbocycles. The van der Waals surface area contributed by atoms with Crippen LogP contribution in [0.2, 0.25) is 0 Å². The van der Waals surface area contributed by atoms with Gasteiger partial charge in [0, 0.05) is 24.7 Å². The molecule has 4 aromatic rings. The third-order valence-electron chi connectivity index (χ3n) is 6.60. The molecule has 7 nitrogen and oxygen atoms in total. The van der Waals surface area contributed by atoms with Crippen LogP contribution in [0.15, 0.2) is 77.7 Å². The predicted octanol–water partition coefficient (Wildman–Crippen LogP) is 5.57. The van der Waals surface area contributed by atoms with Crippen LogP contribution in [-0.2, 0) is 16.6 Å². The maximum absolute atomic E-state index is 13.8. The van der Waals surface area contributed by atoms with Crippen LogP contribution in [-0.4, -0.2) is 43.8 Å². The van der Waals surface area contributed by atoms with Gasteiger partial charge in [-0.05, 0) is 60.7 Å². The molecule has 0 bridgehead atoms. The maximum Gasteiger partial charge on any atom is 0.260 e. The van der Waals surface area contributed by atoms with E-state index < -0.39 is 10.0 Å². The number of aromatic nitrogens is 1. The number of fused-ring (bicyclic) bond motifs is 1. The number of ether oxygens (including phenoxy) is 1. The van der Waals surface area contributed by atoms with Gasteiger partial charge in [-0.3, -0.25) is 9.69 Å². The second kappa shape index (κ2) is 10.6. The molecule has 5 rings (SSSR count). The average molecular weight is 536 g/mol. The van der Waals surface area contributed by atoms with Crippen LogP contribution in [0.3, 0.4) is 0 Å². The Balaban J connectivity index is 1.46. The van der Waals surface area contributed by atoms with Crippen molar-refractivity contribution in [3.63, 3.8) is 0 Å². The largest absolute Gasteiger partial charge is 0.497 e. The third-order valence-corrected chi connectivity index (χ3v) is 9.54. The van der Waals surface area contributed by atoms with Crippen LogP contribution in [0.1, 0.15) is 35.7 Å². The molecule has 9 heteroatoms. The SMILES string of the molecule is COc1ccc2sc(N(Cc3ccccc3)C(=O)c3ccc(S(=O)(=O)N4CCCC(C)C4)cc3)nc2c1. The lowest BCUT2D eigenvalue weighted by atomic mass is 10.0. The smallest absolute Gasteiger partial charge is 0.260 e. The van der Waals surface area contributed by atoms with Crippen molar-refractivity contribution in [1.29, 1.82) is 0 Å². The van der Waals surface area contributed by atoms with Gasteiger partial charge in [0.2, 0.25) is 10.0 Å². The fourth-order valence-corrected chi connectivity index (χ4v) is 7.11. The van der Waals surface area contributed by atoms with Crippen molar-refractivity contribution in [3.05, 3.63) is 83.9 Å². The van der Waals surface area contributed by atoms with Crippen LogP contribution >= 0.6 is 11.3 Å². The molecule has 37 heavy (non-hydrogen) atoms. The van der Waals surface area contributed by atoms with Crippen LogP contribution in [0.5, 0.6) is 5.75 Å². The summed E-state index contributed by atoms with van der Waals surface area (Å²) in [6.07, 6.45) is 1.90. The van der Waals surface area contributed by atoms with E-state index >= 15 is 0 Å². The minimum Gasteiger partial charge on any atom is -0.497 e. The summed E-state index contributed by atoms with van der Waals surface area (Å²) < 4.78 is 34.2. The summed E-state index contributed by atoms with van der Waals surface area (Å²) in [7, 11) is -1.99. The fraction of sp³-hybridized carbons (Fsp3) is 0.286. The first-order valence-electron chi connectivity index (χ1n) is 12.3. The van der Waals surface area contributed by atoms with E-state index in [4.69, 9.17) is 9.72 Å². The molecule has 0 aliphatic carbocycles. The number of rotatable bonds is 7. The molecule has 1 aromatic heterocycles. The number of sulfonamides is 1. The Morgan fingerprint density at radius 1 is 1.11 bits per heavy atom. The molecule has 1 aliphatic rings. The first-order chi connectivity index (χ1) is 17.8. The Morgan fingerprint density at radius 3 is 2.57 bits per heavy atom. The van der Waals surface area contributed by atoms with E-state index in [-0.39, 0.29) is 10.8 Å². The lowest BCUT2D eigenvalue weighted by molar-refractivity contribution is 0.0985. The monoisotopic (exact) mass is 535 g/mol. The van der Waals surface area contributed by atoms with Crippen molar-refractivity contribution in [3.8, 4) is 5.75 Å². The highest BCUT2D eigenvalue weighted by Crippen LogP contribution is 2.33. The predicted molar refractivity (Wildman–Crippen MR) is 147 cm³/mol. The van der Waals surface area contributed by atoms with Crippen molar-refractivity contribution >= 4 is 42.6 Å². The minimum absolute atomic E-state index is 0.208. The molecule has 1 fully saturated rings. The summed E-state index contributed by atoms with van der Waals surface area (Å²) in [4.78, 5) is 20.3. The number of nitrogens with zero attached hydrogens (tertiary/aromatic N) is 3. The average Bonchev–Trinajstić information content (AvgIpc) is 3.35. The van der Waals surface area contributed by atoms with Crippen LogP contribution in [0.25, 0.3) is 10.2 Å². The molecule has 0 spiro atoms. The highest BCUT2D eigenvalue weighted by atomic mass is 32.2. The quantitative estimate of drug-likeness (QED) is 0.309. The maximum atomic E-state index is 13.8. The van der Waals surface area contributed by atoms with Crippen molar-refractivity contribution in [2.24, 2.45) is 5.92 Å². The lowest BCUT2D eigenvalue weighted by Gasteiger charge is -2.30. The van der Waals surface area contributed by atoms with E-state index in [0.29, 0.717) is 42.0 Å². The fourth-order valence-electron chi connectivity index (χ4n) is 4.57. The molecular formula is C28H29N3O4S2. The van der Waals surface area contributed by atoms with Crippen molar-refractivity contribution < 1.29 is 17.9 Å². The van der Waals surface area contributed by atoms with Gasteiger partial charge in [-0.15, -0.1) is 0 Å². The van der Waals surface area contributed by atoms with Gasteiger partial charge in [0.05, 0.1) is 28.8 Å². The van der Waals surface area contributed by atoms with E-state index in [2.05, 4.69) is 6.92 Å². The van der Waals surface area contributed by atoms with Crippen molar-refractivity contribution in [2.45, 2.75) is 31.2 Å². The lowest BCUT2D eigenvalue weighted by Crippen LogP contribution is -2.39. The molecule has 192 valence electrons. The second-order valence-corrected chi connectivity index (χ2v) is 12.3. The molecule has 1 amide bonds. The molecular weight excluding hydrogens is 506 g/mol. The first-order valence-corrected chi connectivity index (χ1v) is 14.5. The van der Waals surface area contributed by atoms with Gasteiger partial charge < -0.3 is 4.74 Å². The normalized spacial score (nSPS) is 16.5. The topological polar surface area (TPSA) is 79.8 Å². The Bertz CT molecular complexity index is 1500. The summed E-state index contributed by atoms with van der Waals surface area (Å²) in [6, 6.07) is 21.6. The number of carbonyl (C=O) groups excluding carboxylic acids is 1. The zero-order chi connectivity index (χ0) is 26.0. The molecule has 1 aliphatic heterocycles. The molecule has 1 saturated heterocycles. The molecule has 2 heterocycles. The molecule has 0 saturated carbocycles. The minimum atomic E-state index is -3.60. The number of hydrogen-bond donors (Lipinski definition) is 0. The van der Waals surface area contributed by atoms with E-state index in [0.717, 1.165) is 28.6 Å². The van der Waals surface area contributed by atoms with Gasteiger partial charge >= 0.3 is 0 Å². The van der Waals surface area contributed by atoms with Gasteiger partial charge in [-0.1, -0.05) is 48.6 Å². The van der Waals surface area contributed by atoms with Crippen LogP contribution in [0, 0.1) is 5.92 Å². The zero-order valence-electron chi connectivity index (χ0n) is 20.8. The van der Waals surface area contributed by atoms with Gasteiger partial charge in [0.1, 0.15) is 5.75 Å². The summed E-state index contributed by atoms with van der Waals surface area (Å²) >= 11 is 1.43. The number of carbonyl (C=O) groups is 1. The highest BCUT2D eigenvalue weighted by Gasteiger charge is 2.29. The summed E-state index contributed by atoms with van der Waals surface area (Å²) in [5.41, 5.74) is 2.12. The summed E-state index contributed by atoms with van der Waals surface area (Å²) in [5.74, 6) is 0.792. The van der Waals surface area contributed by atoms with Gasteiger partial charge in [0.25, 0.3) is 5.91 Å². The van der Waals surface area contributed by atoms with Gasteiger partial charge in [-0.2, -0.15) is 4.31 Å². The van der Waals surface area contributed by atoms with Crippen molar-refractivity contribution in [1.82, 2.24) is 9.29 Å². The zero-order valence-corrected chi connectivity index (χ0v) is 22.5. The van der Waals surface area contributed by atoms with E-state index in [9.17, 15) is 13.2 Å². The standard InChI is InChI=1S/C28H29N3O4S2/c1-20-7-6-16-30(18-20)37(33,34)24-13-10-22(11-14-24)27(32)31(19-21-8-4-3-5-9-21)28-29-25-17-23(35-2)12-15-26(25)36-28/h3-5,8-15,17,20H,6-7,16,18-19H2,1-2H3. The molecule has 1 unspecified atom stereocenters. The second-order valence-electron chi connectivity index (χ2n) is 9.34. The van der Waals surface area contributed by atoms with E-state index in [1.54, 1.807) is 28.4 Å². The summed E-state index contributed by atoms with van der Waals surface area (Å²) in [5, 5.41) is 0.566. The van der Waals surface area contributed by atoms with Crippen LogP contribution in [0.4, 0.5) is 5.13 Å². The number of methoxy groups -OCH3 is 1. The first kappa shape index (κ1) is 25.4. The Labute approximate surface area is 221 Å². The molecule has 0 radical (unpaired) electrons. The number of piperidine rings is 1. The van der Waals surface area contributed by atoms with E-state index in [1.165, 1.54) is 23.5 Å². The van der Waals surface area contributed by atoms with Gasteiger partial charge in [0.15, 0.2) is 5.13 Å². The number of anilines is 1. The van der Waals surface area contributed by atoms with Gasteiger partial charge in [-0.25, -0.2) is 13.4 Å². The number of hydrogen-bond acceptors (Lipinski definition) is 6.